The highest BCUT2D eigenvalue weighted by Crippen LogP contribution is 2.39. The average Bonchev–Trinajstić information content (AvgIpc) is 3.24. The third-order valence-corrected chi connectivity index (χ3v) is 8.20. The van der Waals surface area contributed by atoms with Gasteiger partial charge in [0, 0.05) is 50.7 Å². The number of aryl methyl sites for hydroxylation is 1. The van der Waals surface area contributed by atoms with Gasteiger partial charge in [-0.1, -0.05) is 39.0 Å². The molecule has 4 rings (SSSR count). The van der Waals surface area contributed by atoms with Crippen molar-refractivity contribution in [3.05, 3.63) is 53.2 Å². The summed E-state index contributed by atoms with van der Waals surface area (Å²) in [5.74, 6) is -0.116. The van der Waals surface area contributed by atoms with Crippen molar-refractivity contribution < 1.29 is 22.7 Å². The molecule has 0 aliphatic carbocycles. The summed E-state index contributed by atoms with van der Waals surface area (Å²) in [5, 5.41) is 6.95. The van der Waals surface area contributed by atoms with E-state index >= 15 is 0 Å². The first-order valence-corrected chi connectivity index (χ1v) is 16.6. The second-order valence-corrected chi connectivity index (χ2v) is 15.3. The van der Waals surface area contributed by atoms with E-state index in [1.165, 1.54) is 7.11 Å². The standard InChI is InChI=1S/C32H46N6O5S/c1-31(2,3)23-18-24(28(43-8)25(19-23)35-44(9,41)42)33-29(39)26-17-21-11-10-12-22(27(21)36(26)7)20-37-13-15-38(16-14-37)30(40)34-32(4,5)6/h10-12,17-19,35H,13-16,20H2,1-9H3,(H,33,39)(H,34,40). The van der Waals surface area contributed by atoms with E-state index in [0.717, 1.165) is 41.4 Å². The number of hydrogen-bond acceptors (Lipinski definition) is 6. The van der Waals surface area contributed by atoms with Crippen LogP contribution in [0.3, 0.4) is 0 Å². The van der Waals surface area contributed by atoms with E-state index in [1.54, 1.807) is 6.07 Å². The minimum Gasteiger partial charge on any atom is -0.492 e. The predicted octanol–water partition coefficient (Wildman–Crippen LogP) is 4.73. The van der Waals surface area contributed by atoms with Gasteiger partial charge in [0.05, 0.1) is 30.3 Å². The Morgan fingerprint density at radius 1 is 0.955 bits per heavy atom. The van der Waals surface area contributed by atoms with Crippen LogP contribution in [0.4, 0.5) is 16.2 Å². The van der Waals surface area contributed by atoms with Gasteiger partial charge in [0.15, 0.2) is 5.75 Å². The van der Waals surface area contributed by atoms with Crippen molar-refractivity contribution in [2.24, 2.45) is 7.05 Å². The van der Waals surface area contributed by atoms with Gasteiger partial charge in [-0.25, -0.2) is 13.2 Å². The molecule has 0 bridgehead atoms. The van der Waals surface area contributed by atoms with Crippen molar-refractivity contribution >= 4 is 44.2 Å². The SMILES string of the molecule is COc1c(NC(=O)c2cc3cccc(CN4CCN(C(=O)NC(C)(C)C)CC4)c3n2C)cc(C(C)(C)C)cc1NS(C)(=O)=O. The number of carbonyl (C=O) groups is 2. The molecule has 3 amide bonds. The van der Waals surface area contributed by atoms with Crippen LogP contribution in [0.25, 0.3) is 10.9 Å². The van der Waals surface area contributed by atoms with Gasteiger partial charge in [-0.3, -0.25) is 14.4 Å². The zero-order valence-corrected chi connectivity index (χ0v) is 28.1. The molecule has 3 N–H and O–H groups in total. The molecule has 0 unspecified atom stereocenters. The van der Waals surface area contributed by atoms with Crippen LogP contribution in [0.5, 0.6) is 5.75 Å². The van der Waals surface area contributed by atoms with Gasteiger partial charge < -0.3 is 24.8 Å². The molecule has 1 fully saturated rings. The first kappa shape index (κ1) is 33.1. The lowest BCUT2D eigenvalue weighted by Crippen LogP contribution is -2.54. The van der Waals surface area contributed by atoms with Gasteiger partial charge in [0.1, 0.15) is 5.69 Å². The van der Waals surface area contributed by atoms with Gasteiger partial charge in [-0.05, 0) is 55.5 Å². The lowest BCUT2D eigenvalue weighted by molar-refractivity contribution is 0.101. The molecule has 2 heterocycles. The molecule has 11 nitrogen and oxygen atoms in total. The van der Waals surface area contributed by atoms with Gasteiger partial charge >= 0.3 is 6.03 Å². The van der Waals surface area contributed by atoms with Crippen molar-refractivity contribution in [1.29, 1.82) is 0 Å². The number of benzene rings is 2. The first-order chi connectivity index (χ1) is 20.4. The summed E-state index contributed by atoms with van der Waals surface area (Å²) in [7, 11) is -0.289. The molecule has 1 aliphatic rings. The molecule has 1 aliphatic heterocycles. The van der Waals surface area contributed by atoms with E-state index in [1.807, 2.05) is 82.3 Å². The Labute approximate surface area is 261 Å². The Balaban J connectivity index is 1.59. The fraction of sp³-hybridized carbons (Fsp3) is 0.500. The topological polar surface area (TPSA) is 125 Å². The molecule has 2 aromatic carbocycles. The predicted molar refractivity (Wildman–Crippen MR) is 176 cm³/mol. The number of fused-ring (bicyclic) bond motifs is 1. The van der Waals surface area contributed by atoms with Crippen molar-refractivity contribution in [2.45, 2.75) is 59.0 Å². The fourth-order valence-corrected chi connectivity index (χ4v) is 5.98. The van der Waals surface area contributed by atoms with Crippen LogP contribution in [-0.2, 0) is 29.0 Å². The number of anilines is 2. The van der Waals surface area contributed by atoms with Crippen LogP contribution >= 0.6 is 0 Å². The maximum Gasteiger partial charge on any atom is 0.317 e. The van der Waals surface area contributed by atoms with Crippen LogP contribution in [0.2, 0.25) is 0 Å². The van der Waals surface area contributed by atoms with Crippen LogP contribution in [0.15, 0.2) is 36.4 Å². The van der Waals surface area contributed by atoms with E-state index in [2.05, 4.69) is 26.3 Å². The second kappa shape index (κ2) is 12.3. The lowest BCUT2D eigenvalue weighted by Gasteiger charge is -2.36. The van der Waals surface area contributed by atoms with Crippen molar-refractivity contribution in [3.8, 4) is 5.75 Å². The third kappa shape index (κ3) is 7.84. The van der Waals surface area contributed by atoms with E-state index in [-0.39, 0.29) is 34.3 Å². The zero-order valence-electron chi connectivity index (χ0n) is 27.3. The quantitative estimate of drug-likeness (QED) is 0.348. The molecular formula is C32H46N6O5S. The first-order valence-electron chi connectivity index (χ1n) is 14.7. The molecule has 0 saturated carbocycles. The summed E-state index contributed by atoms with van der Waals surface area (Å²) in [5.41, 5.74) is 3.35. The number of carbonyl (C=O) groups excluding carboxylic acids is 2. The zero-order chi connectivity index (χ0) is 32.6. The summed E-state index contributed by atoms with van der Waals surface area (Å²) in [6.07, 6.45) is 1.07. The molecular weight excluding hydrogens is 580 g/mol. The summed E-state index contributed by atoms with van der Waals surface area (Å²) >= 11 is 0. The monoisotopic (exact) mass is 626 g/mol. The van der Waals surface area contributed by atoms with Gasteiger partial charge in [-0.15, -0.1) is 0 Å². The molecule has 1 aromatic heterocycles. The Bertz CT molecular complexity index is 1660. The Morgan fingerprint density at radius 3 is 2.16 bits per heavy atom. The van der Waals surface area contributed by atoms with Gasteiger partial charge in [0.25, 0.3) is 5.91 Å². The van der Waals surface area contributed by atoms with Crippen LogP contribution in [-0.4, -0.2) is 79.8 Å². The Kier molecular flexibility index (Phi) is 9.27. The number of nitrogens with zero attached hydrogens (tertiary/aromatic N) is 3. The minimum absolute atomic E-state index is 0.0405. The molecule has 1 saturated heterocycles. The van der Waals surface area contributed by atoms with E-state index in [4.69, 9.17) is 4.74 Å². The van der Waals surface area contributed by atoms with Crippen LogP contribution in [0, 0.1) is 0 Å². The normalized spacial score (nSPS) is 14.9. The van der Waals surface area contributed by atoms with E-state index in [9.17, 15) is 18.0 Å². The number of methoxy groups -OCH3 is 1. The van der Waals surface area contributed by atoms with Crippen molar-refractivity contribution in [3.63, 3.8) is 0 Å². The van der Waals surface area contributed by atoms with Gasteiger partial charge in [0.2, 0.25) is 10.0 Å². The third-order valence-electron chi connectivity index (χ3n) is 7.61. The van der Waals surface area contributed by atoms with E-state index < -0.39 is 10.0 Å². The van der Waals surface area contributed by atoms with Crippen LogP contribution < -0.4 is 20.1 Å². The molecule has 44 heavy (non-hydrogen) atoms. The van der Waals surface area contributed by atoms with Crippen LogP contribution in [0.1, 0.15) is 63.2 Å². The maximum atomic E-state index is 13.8. The maximum absolute atomic E-state index is 13.8. The number of hydrogen-bond donors (Lipinski definition) is 3. The average molecular weight is 627 g/mol. The summed E-state index contributed by atoms with van der Waals surface area (Å²) < 4.78 is 34.2. The fourth-order valence-electron chi connectivity index (χ4n) is 5.43. The Hall–Kier alpha value is -3.77. The number of piperazine rings is 1. The van der Waals surface area contributed by atoms with Crippen molar-refractivity contribution in [2.75, 3.05) is 49.6 Å². The summed E-state index contributed by atoms with van der Waals surface area (Å²) in [6.45, 7) is 15.4. The highest BCUT2D eigenvalue weighted by molar-refractivity contribution is 7.92. The highest BCUT2D eigenvalue weighted by Gasteiger charge is 2.26. The van der Waals surface area contributed by atoms with Gasteiger partial charge in [-0.2, -0.15) is 0 Å². The van der Waals surface area contributed by atoms with Crippen molar-refractivity contribution in [1.82, 2.24) is 19.7 Å². The number of aromatic nitrogens is 1. The lowest BCUT2D eigenvalue weighted by atomic mass is 9.86. The molecule has 3 aromatic rings. The second-order valence-electron chi connectivity index (χ2n) is 13.6. The number of nitrogens with one attached hydrogen (secondary N) is 3. The minimum atomic E-state index is -3.60. The number of para-hydroxylation sites is 1. The molecule has 0 radical (unpaired) electrons. The number of ether oxygens (including phenoxy) is 1. The highest BCUT2D eigenvalue weighted by atomic mass is 32.2. The molecule has 240 valence electrons. The summed E-state index contributed by atoms with van der Waals surface area (Å²) in [6, 6.07) is 11.4. The number of rotatable bonds is 7. The Morgan fingerprint density at radius 2 is 1.59 bits per heavy atom. The number of sulfonamides is 1. The number of urea groups is 1. The van der Waals surface area contributed by atoms with E-state index in [0.29, 0.717) is 31.0 Å². The summed E-state index contributed by atoms with van der Waals surface area (Å²) in [4.78, 5) is 30.5. The number of amides is 3. The largest absolute Gasteiger partial charge is 0.492 e. The smallest absolute Gasteiger partial charge is 0.317 e. The molecule has 0 atom stereocenters. The molecule has 12 heteroatoms. The molecule has 0 spiro atoms.